The van der Waals surface area contributed by atoms with Crippen LogP contribution < -0.4 is 5.32 Å². The number of nitrogens with one attached hydrogen (secondary N) is 1. The van der Waals surface area contributed by atoms with Crippen molar-refractivity contribution in [3.05, 3.63) is 35.9 Å². The second-order valence-corrected chi connectivity index (χ2v) is 6.13. The number of carbonyl (C=O) groups is 2. The van der Waals surface area contributed by atoms with Crippen LogP contribution in [0.2, 0.25) is 0 Å². The van der Waals surface area contributed by atoms with Gasteiger partial charge in [0.2, 0.25) is 5.91 Å². The lowest BCUT2D eigenvalue weighted by molar-refractivity contribution is -0.137. The topological polar surface area (TPSA) is 69.6 Å². The first kappa shape index (κ1) is 17.5. The SMILES string of the molecule is O=C(O)CC(NC(=O)CCN1CCCCCC1)c1ccccc1. The number of carbonyl (C=O) groups excluding carboxylic acids is 1. The molecular weight excluding hydrogens is 292 g/mol. The molecule has 126 valence electrons. The van der Waals surface area contributed by atoms with Gasteiger partial charge in [-0.3, -0.25) is 9.59 Å². The Labute approximate surface area is 137 Å². The Hall–Kier alpha value is -1.88. The van der Waals surface area contributed by atoms with Crippen molar-refractivity contribution in [3.8, 4) is 0 Å². The fourth-order valence-corrected chi connectivity index (χ4v) is 3.00. The van der Waals surface area contributed by atoms with Gasteiger partial charge in [-0.15, -0.1) is 0 Å². The maximum atomic E-state index is 12.2. The van der Waals surface area contributed by atoms with Gasteiger partial charge in [0, 0.05) is 13.0 Å². The monoisotopic (exact) mass is 318 g/mol. The second kappa shape index (κ2) is 9.30. The van der Waals surface area contributed by atoms with E-state index in [9.17, 15) is 9.59 Å². The number of benzene rings is 1. The molecule has 2 N–H and O–H groups in total. The largest absolute Gasteiger partial charge is 0.481 e. The van der Waals surface area contributed by atoms with E-state index in [-0.39, 0.29) is 12.3 Å². The molecular formula is C18H26N2O3. The van der Waals surface area contributed by atoms with Gasteiger partial charge in [0.1, 0.15) is 0 Å². The summed E-state index contributed by atoms with van der Waals surface area (Å²) < 4.78 is 0. The number of nitrogens with zero attached hydrogens (tertiary/aromatic N) is 1. The number of carboxylic acids is 1. The van der Waals surface area contributed by atoms with Gasteiger partial charge in [-0.25, -0.2) is 0 Å². The van der Waals surface area contributed by atoms with Crippen LogP contribution in [0.25, 0.3) is 0 Å². The van der Waals surface area contributed by atoms with Gasteiger partial charge in [-0.05, 0) is 31.5 Å². The lowest BCUT2D eigenvalue weighted by atomic mass is 10.0. The van der Waals surface area contributed by atoms with Crippen LogP contribution in [0.4, 0.5) is 0 Å². The van der Waals surface area contributed by atoms with Crippen LogP contribution in [0.1, 0.15) is 50.1 Å². The van der Waals surface area contributed by atoms with E-state index in [1.807, 2.05) is 30.3 Å². The van der Waals surface area contributed by atoms with Crippen LogP contribution in [0, 0.1) is 0 Å². The highest BCUT2D eigenvalue weighted by atomic mass is 16.4. The van der Waals surface area contributed by atoms with E-state index in [1.165, 1.54) is 25.7 Å². The smallest absolute Gasteiger partial charge is 0.305 e. The molecule has 23 heavy (non-hydrogen) atoms. The first-order valence-corrected chi connectivity index (χ1v) is 8.43. The van der Waals surface area contributed by atoms with Crippen LogP contribution in [-0.4, -0.2) is 41.5 Å². The van der Waals surface area contributed by atoms with Crippen molar-refractivity contribution in [2.45, 2.75) is 44.6 Å². The molecule has 0 spiro atoms. The first-order valence-electron chi connectivity index (χ1n) is 8.43. The third kappa shape index (κ3) is 6.40. The molecule has 5 heteroatoms. The van der Waals surface area contributed by atoms with Crippen molar-refractivity contribution >= 4 is 11.9 Å². The Bertz CT molecular complexity index is 496. The Morgan fingerprint density at radius 3 is 2.35 bits per heavy atom. The standard InChI is InChI=1S/C18H26N2O3/c21-17(10-13-20-11-6-1-2-7-12-20)19-16(14-18(22)23)15-8-4-3-5-9-15/h3-5,8-9,16H,1-2,6-7,10-14H2,(H,19,21)(H,22,23). The highest BCUT2D eigenvalue weighted by molar-refractivity contribution is 5.77. The predicted molar refractivity (Wildman–Crippen MR) is 89.1 cm³/mol. The summed E-state index contributed by atoms with van der Waals surface area (Å²) in [6.45, 7) is 2.87. The summed E-state index contributed by atoms with van der Waals surface area (Å²) in [6.07, 6.45) is 5.28. The molecule has 0 aliphatic carbocycles. The number of likely N-dealkylation sites (tertiary alicyclic amines) is 1. The maximum absolute atomic E-state index is 12.2. The number of carboxylic acid groups (broad SMARTS) is 1. The molecule has 1 saturated heterocycles. The van der Waals surface area contributed by atoms with Crippen LogP contribution >= 0.6 is 0 Å². The molecule has 1 heterocycles. The quantitative estimate of drug-likeness (QED) is 0.811. The summed E-state index contributed by atoms with van der Waals surface area (Å²) in [5, 5.41) is 11.9. The Kier molecular flexibility index (Phi) is 7.07. The van der Waals surface area contributed by atoms with Crippen LogP contribution in [0.15, 0.2) is 30.3 Å². The molecule has 1 fully saturated rings. The van der Waals surface area contributed by atoms with E-state index in [4.69, 9.17) is 5.11 Å². The predicted octanol–water partition coefficient (Wildman–Crippen LogP) is 2.58. The molecule has 0 bridgehead atoms. The fourth-order valence-electron chi connectivity index (χ4n) is 3.00. The fraction of sp³-hybridized carbons (Fsp3) is 0.556. The van der Waals surface area contributed by atoms with E-state index < -0.39 is 12.0 Å². The minimum absolute atomic E-state index is 0.0793. The lowest BCUT2D eigenvalue weighted by Crippen LogP contribution is -2.34. The number of amides is 1. The summed E-state index contributed by atoms with van der Waals surface area (Å²) >= 11 is 0. The van der Waals surface area contributed by atoms with Crippen molar-refractivity contribution in [2.75, 3.05) is 19.6 Å². The summed E-state index contributed by atoms with van der Waals surface area (Å²) in [6, 6.07) is 8.82. The summed E-state index contributed by atoms with van der Waals surface area (Å²) in [5.41, 5.74) is 0.832. The molecule has 1 amide bonds. The van der Waals surface area contributed by atoms with Gasteiger partial charge < -0.3 is 15.3 Å². The second-order valence-electron chi connectivity index (χ2n) is 6.13. The highest BCUT2D eigenvalue weighted by Crippen LogP contribution is 2.17. The van der Waals surface area contributed by atoms with E-state index in [1.54, 1.807) is 0 Å². The zero-order chi connectivity index (χ0) is 16.5. The Morgan fingerprint density at radius 1 is 1.09 bits per heavy atom. The molecule has 1 unspecified atom stereocenters. The van der Waals surface area contributed by atoms with E-state index in [0.717, 1.165) is 25.2 Å². The Morgan fingerprint density at radius 2 is 1.74 bits per heavy atom. The van der Waals surface area contributed by atoms with Crippen molar-refractivity contribution in [2.24, 2.45) is 0 Å². The van der Waals surface area contributed by atoms with Crippen LogP contribution in [0.3, 0.4) is 0 Å². The zero-order valence-corrected chi connectivity index (χ0v) is 13.5. The van der Waals surface area contributed by atoms with E-state index >= 15 is 0 Å². The highest BCUT2D eigenvalue weighted by Gasteiger charge is 2.18. The average Bonchev–Trinajstić information content (AvgIpc) is 2.81. The molecule has 0 saturated carbocycles. The number of hydrogen-bond donors (Lipinski definition) is 2. The molecule has 1 aromatic carbocycles. The molecule has 0 aromatic heterocycles. The van der Waals surface area contributed by atoms with Gasteiger partial charge in [0.05, 0.1) is 12.5 Å². The van der Waals surface area contributed by atoms with Gasteiger partial charge in [-0.1, -0.05) is 43.2 Å². The van der Waals surface area contributed by atoms with Gasteiger partial charge >= 0.3 is 5.97 Å². The summed E-state index contributed by atoms with van der Waals surface area (Å²) in [5.74, 6) is -0.990. The lowest BCUT2D eigenvalue weighted by Gasteiger charge is -2.21. The maximum Gasteiger partial charge on any atom is 0.305 e. The first-order chi connectivity index (χ1) is 11.1. The zero-order valence-electron chi connectivity index (χ0n) is 13.5. The molecule has 1 atom stereocenters. The summed E-state index contributed by atoms with van der Waals surface area (Å²) in [7, 11) is 0. The van der Waals surface area contributed by atoms with Crippen molar-refractivity contribution < 1.29 is 14.7 Å². The minimum Gasteiger partial charge on any atom is -0.481 e. The van der Waals surface area contributed by atoms with E-state index in [2.05, 4.69) is 10.2 Å². The molecule has 5 nitrogen and oxygen atoms in total. The van der Waals surface area contributed by atoms with Crippen molar-refractivity contribution in [1.82, 2.24) is 10.2 Å². The van der Waals surface area contributed by atoms with Gasteiger partial charge in [0.25, 0.3) is 0 Å². The normalized spacial score (nSPS) is 17.2. The third-order valence-corrected chi connectivity index (χ3v) is 4.27. The summed E-state index contributed by atoms with van der Waals surface area (Å²) in [4.78, 5) is 25.6. The van der Waals surface area contributed by atoms with Crippen LogP contribution in [0.5, 0.6) is 0 Å². The Balaban J connectivity index is 1.85. The molecule has 1 aromatic rings. The van der Waals surface area contributed by atoms with Crippen molar-refractivity contribution in [3.63, 3.8) is 0 Å². The van der Waals surface area contributed by atoms with Gasteiger partial charge in [0.15, 0.2) is 0 Å². The molecule has 0 radical (unpaired) electrons. The molecule has 1 aliphatic heterocycles. The number of aliphatic carboxylic acids is 1. The van der Waals surface area contributed by atoms with Crippen molar-refractivity contribution in [1.29, 1.82) is 0 Å². The third-order valence-electron chi connectivity index (χ3n) is 4.27. The average molecular weight is 318 g/mol. The molecule has 2 rings (SSSR count). The van der Waals surface area contributed by atoms with Gasteiger partial charge in [-0.2, -0.15) is 0 Å². The number of rotatable bonds is 7. The van der Waals surface area contributed by atoms with Crippen LogP contribution in [-0.2, 0) is 9.59 Å². The molecule has 1 aliphatic rings. The number of hydrogen-bond acceptors (Lipinski definition) is 3. The van der Waals surface area contributed by atoms with E-state index in [0.29, 0.717) is 6.42 Å². The minimum atomic E-state index is -0.910.